The van der Waals surface area contributed by atoms with Crippen molar-refractivity contribution in [1.29, 1.82) is 0 Å². The van der Waals surface area contributed by atoms with Gasteiger partial charge in [-0.2, -0.15) is 0 Å². The highest BCUT2D eigenvalue weighted by Crippen LogP contribution is 2.29. The quantitative estimate of drug-likeness (QED) is 0.558. The molecule has 1 aromatic heterocycles. The molecule has 0 radical (unpaired) electrons. The largest absolute Gasteiger partial charge is 0.372 e. The van der Waals surface area contributed by atoms with Gasteiger partial charge in [0.05, 0.1) is 23.6 Å². The molecule has 1 aliphatic rings. The topological polar surface area (TPSA) is 60.2 Å². The van der Waals surface area contributed by atoms with E-state index in [1.165, 1.54) is 28.5 Å². The third-order valence-corrected chi connectivity index (χ3v) is 5.83. The number of nitrogens with zero attached hydrogens (tertiary/aromatic N) is 4. The first-order valence-corrected chi connectivity index (χ1v) is 10.9. The Kier molecular flexibility index (Phi) is 6.33. The van der Waals surface area contributed by atoms with Crippen molar-refractivity contribution in [2.24, 2.45) is 0 Å². The number of carbonyl (C=O) groups is 1. The van der Waals surface area contributed by atoms with Gasteiger partial charge in [0.25, 0.3) is 0 Å². The van der Waals surface area contributed by atoms with E-state index in [1.807, 2.05) is 44.2 Å². The van der Waals surface area contributed by atoms with Crippen molar-refractivity contribution in [3.63, 3.8) is 0 Å². The highest BCUT2D eigenvalue weighted by molar-refractivity contribution is 7.99. The Morgan fingerprint density at radius 2 is 1.81 bits per heavy atom. The van der Waals surface area contributed by atoms with Crippen molar-refractivity contribution in [3.8, 4) is 17.1 Å². The lowest BCUT2D eigenvalue weighted by molar-refractivity contribution is -0.140. The third kappa shape index (κ3) is 4.77. The van der Waals surface area contributed by atoms with Gasteiger partial charge in [-0.05, 0) is 26.0 Å². The summed E-state index contributed by atoms with van der Waals surface area (Å²) in [4.78, 5) is 14.5. The van der Waals surface area contributed by atoms with Crippen LogP contribution in [0.25, 0.3) is 17.1 Å². The number of rotatable bonds is 5. The molecule has 3 aromatic rings. The summed E-state index contributed by atoms with van der Waals surface area (Å²) in [5.41, 5.74) is 0.849. The van der Waals surface area contributed by atoms with E-state index < -0.39 is 11.6 Å². The van der Waals surface area contributed by atoms with Gasteiger partial charge in [0.15, 0.2) is 11.0 Å². The van der Waals surface area contributed by atoms with Crippen LogP contribution in [-0.2, 0) is 9.53 Å². The van der Waals surface area contributed by atoms with Gasteiger partial charge in [-0.3, -0.25) is 9.36 Å². The molecule has 0 N–H and O–H groups in total. The second kappa shape index (κ2) is 9.15. The Hall–Kier alpha value is -2.78. The molecule has 2 aromatic carbocycles. The number of aromatic nitrogens is 3. The molecule has 31 heavy (non-hydrogen) atoms. The maximum atomic E-state index is 14.7. The molecule has 0 unspecified atom stereocenters. The summed E-state index contributed by atoms with van der Waals surface area (Å²) in [6.45, 7) is 4.92. The van der Waals surface area contributed by atoms with E-state index in [0.29, 0.717) is 24.1 Å². The molecule has 0 spiro atoms. The summed E-state index contributed by atoms with van der Waals surface area (Å²) in [6.07, 6.45) is -0.0568. The smallest absolute Gasteiger partial charge is 0.233 e. The number of benzene rings is 2. The van der Waals surface area contributed by atoms with Crippen molar-refractivity contribution in [2.75, 3.05) is 18.8 Å². The molecule has 1 fully saturated rings. The van der Waals surface area contributed by atoms with Crippen molar-refractivity contribution in [1.82, 2.24) is 19.7 Å². The van der Waals surface area contributed by atoms with Crippen LogP contribution in [0.4, 0.5) is 8.78 Å². The minimum absolute atomic E-state index is 0.0284. The predicted octanol–water partition coefficient (Wildman–Crippen LogP) is 3.94. The molecule has 1 amide bonds. The number of carbonyl (C=O) groups excluding carboxylic acids is 1. The average Bonchev–Trinajstić information content (AvgIpc) is 3.15. The van der Waals surface area contributed by atoms with Crippen molar-refractivity contribution < 1.29 is 18.3 Å². The van der Waals surface area contributed by atoms with Gasteiger partial charge in [0.1, 0.15) is 11.6 Å². The Morgan fingerprint density at radius 3 is 2.48 bits per heavy atom. The SMILES string of the molecule is C[C@@H]1CN(C(=O)CSc2nnc(-c3ccccc3)n2-c2ccc(F)cc2F)C[C@@H](C)O1. The molecule has 2 atom stereocenters. The summed E-state index contributed by atoms with van der Waals surface area (Å²) in [6, 6.07) is 12.6. The van der Waals surface area contributed by atoms with Crippen LogP contribution >= 0.6 is 11.8 Å². The fraction of sp³-hybridized carbons (Fsp3) is 0.318. The molecular weight excluding hydrogens is 422 g/mol. The van der Waals surface area contributed by atoms with Gasteiger partial charge < -0.3 is 9.64 Å². The van der Waals surface area contributed by atoms with Crippen LogP contribution in [0.5, 0.6) is 0 Å². The van der Waals surface area contributed by atoms with Gasteiger partial charge in [-0.25, -0.2) is 8.78 Å². The molecule has 0 saturated carbocycles. The third-order valence-electron chi connectivity index (χ3n) is 4.91. The summed E-state index contributed by atoms with van der Waals surface area (Å²) in [5, 5.41) is 8.78. The number of ether oxygens (including phenoxy) is 1. The number of hydrogen-bond acceptors (Lipinski definition) is 5. The Balaban J connectivity index is 1.63. The van der Waals surface area contributed by atoms with E-state index in [-0.39, 0.29) is 29.6 Å². The number of hydrogen-bond donors (Lipinski definition) is 0. The molecule has 162 valence electrons. The van der Waals surface area contributed by atoms with Gasteiger partial charge in [-0.15, -0.1) is 10.2 Å². The highest BCUT2D eigenvalue weighted by atomic mass is 32.2. The van der Waals surface area contributed by atoms with E-state index in [2.05, 4.69) is 10.2 Å². The first kappa shape index (κ1) is 21.5. The molecule has 9 heteroatoms. The maximum Gasteiger partial charge on any atom is 0.233 e. The zero-order chi connectivity index (χ0) is 22.0. The normalized spacial score (nSPS) is 18.9. The van der Waals surface area contributed by atoms with E-state index in [9.17, 15) is 13.6 Å². The minimum Gasteiger partial charge on any atom is -0.372 e. The van der Waals surface area contributed by atoms with Crippen molar-refractivity contribution in [3.05, 3.63) is 60.2 Å². The Labute approximate surface area is 183 Å². The van der Waals surface area contributed by atoms with Crippen LogP contribution < -0.4 is 0 Å². The van der Waals surface area contributed by atoms with E-state index >= 15 is 0 Å². The van der Waals surface area contributed by atoms with E-state index in [0.717, 1.165) is 11.6 Å². The fourth-order valence-corrected chi connectivity index (χ4v) is 4.46. The van der Waals surface area contributed by atoms with Gasteiger partial charge in [-0.1, -0.05) is 42.1 Å². The average molecular weight is 445 g/mol. The van der Waals surface area contributed by atoms with Crippen molar-refractivity contribution >= 4 is 17.7 Å². The summed E-state index contributed by atoms with van der Waals surface area (Å²) in [7, 11) is 0. The number of thioether (sulfide) groups is 1. The van der Waals surface area contributed by atoms with Crippen LogP contribution in [0.15, 0.2) is 53.7 Å². The van der Waals surface area contributed by atoms with Crippen molar-refractivity contribution in [2.45, 2.75) is 31.2 Å². The standard InChI is InChI=1S/C22H22F2N4O2S/c1-14-11-27(12-15(2)30-14)20(29)13-31-22-26-25-21(16-6-4-3-5-7-16)28(22)19-9-8-17(23)10-18(19)24/h3-10,14-15H,11-13H2,1-2H3/t14-,15-/m1/s1. The molecule has 0 bridgehead atoms. The molecule has 0 aliphatic carbocycles. The van der Waals surface area contributed by atoms with E-state index in [4.69, 9.17) is 4.74 Å². The lowest BCUT2D eigenvalue weighted by Gasteiger charge is -2.35. The lowest BCUT2D eigenvalue weighted by Crippen LogP contribution is -2.48. The van der Waals surface area contributed by atoms with Crippen LogP contribution in [0.2, 0.25) is 0 Å². The minimum atomic E-state index is -0.735. The second-order valence-corrected chi connectivity index (χ2v) is 8.39. The monoisotopic (exact) mass is 444 g/mol. The zero-order valence-corrected chi connectivity index (χ0v) is 18.0. The first-order valence-electron chi connectivity index (χ1n) is 9.94. The van der Waals surface area contributed by atoms with Crippen LogP contribution in [0.3, 0.4) is 0 Å². The lowest BCUT2D eigenvalue weighted by atomic mass is 10.2. The first-order chi connectivity index (χ1) is 14.9. The number of amides is 1. The maximum absolute atomic E-state index is 14.7. The van der Waals surface area contributed by atoms with Gasteiger partial charge in [0, 0.05) is 24.7 Å². The Morgan fingerprint density at radius 1 is 1.10 bits per heavy atom. The second-order valence-electron chi connectivity index (χ2n) is 7.45. The molecule has 1 saturated heterocycles. The van der Waals surface area contributed by atoms with Crippen LogP contribution in [-0.4, -0.2) is 56.6 Å². The van der Waals surface area contributed by atoms with Crippen LogP contribution in [0.1, 0.15) is 13.8 Å². The number of morpholine rings is 1. The Bertz CT molecular complexity index is 1070. The highest BCUT2D eigenvalue weighted by Gasteiger charge is 2.27. The zero-order valence-electron chi connectivity index (χ0n) is 17.2. The van der Waals surface area contributed by atoms with Crippen LogP contribution in [0, 0.1) is 11.6 Å². The predicted molar refractivity (Wildman–Crippen MR) is 114 cm³/mol. The summed E-state index contributed by atoms with van der Waals surface area (Å²) < 4.78 is 35.3. The fourth-order valence-electron chi connectivity index (χ4n) is 3.62. The van der Waals surface area contributed by atoms with Gasteiger partial charge in [0.2, 0.25) is 5.91 Å². The molecule has 2 heterocycles. The summed E-state index contributed by atoms with van der Waals surface area (Å²) >= 11 is 1.17. The van der Waals surface area contributed by atoms with Gasteiger partial charge >= 0.3 is 0 Å². The molecule has 6 nitrogen and oxygen atoms in total. The molecule has 1 aliphatic heterocycles. The van der Waals surface area contributed by atoms with E-state index in [1.54, 1.807) is 4.90 Å². The number of halogens is 2. The summed E-state index contributed by atoms with van der Waals surface area (Å²) in [5.74, 6) is -0.927. The molecule has 4 rings (SSSR count). The molecular formula is C22H22F2N4O2S.